The van der Waals surface area contributed by atoms with E-state index in [1.54, 1.807) is 11.3 Å². The van der Waals surface area contributed by atoms with Crippen LogP contribution in [-0.2, 0) is 19.4 Å². The van der Waals surface area contributed by atoms with Crippen molar-refractivity contribution in [2.24, 2.45) is 0 Å². The first-order chi connectivity index (χ1) is 14.1. The summed E-state index contributed by atoms with van der Waals surface area (Å²) in [5.74, 6) is 2.12. The third-order valence-electron chi connectivity index (χ3n) is 6.10. The molecule has 0 amide bonds. The van der Waals surface area contributed by atoms with Crippen LogP contribution in [0.25, 0.3) is 10.2 Å². The van der Waals surface area contributed by atoms with Crippen molar-refractivity contribution in [2.75, 3.05) is 26.2 Å². The lowest BCUT2D eigenvalue weighted by Gasteiger charge is -2.36. The molecule has 0 spiro atoms. The van der Waals surface area contributed by atoms with Crippen molar-refractivity contribution in [1.29, 1.82) is 0 Å². The van der Waals surface area contributed by atoms with Crippen molar-refractivity contribution in [3.63, 3.8) is 0 Å². The van der Waals surface area contributed by atoms with E-state index in [1.165, 1.54) is 23.3 Å². The van der Waals surface area contributed by atoms with E-state index >= 15 is 0 Å². The first-order valence-electron chi connectivity index (χ1n) is 10.4. The van der Waals surface area contributed by atoms with Crippen LogP contribution >= 0.6 is 11.3 Å². The second kappa shape index (κ2) is 7.62. The third-order valence-corrected chi connectivity index (χ3v) is 7.29. The normalized spacial score (nSPS) is 19.5. The smallest absolute Gasteiger partial charge is 0.259 e. The second-order valence-corrected chi connectivity index (χ2v) is 9.16. The van der Waals surface area contributed by atoms with Crippen LogP contribution in [0.3, 0.4) is 0 Å². The number of hydrogen-bond donors (Lipinski definition) is 1. The molecule has 3 aromatic rings. The van der Waals surface area contributed by atoms with Crippen LogP contribution in [0, 0.1) is 6.92 Å². The number of hydrogen-bond acceptors (Lipinski definition) is 8. The number of aromatic amines is 1. The first-order valence-corrected chi connectivity index (χ1v) is 11.2. The summed E-state index contributed by atoms with van der Waals surface area (Å²) in [5.41, 5.74) is 1.28. The molecule has 0 aromatic carbocycles. The van der Waals surface area contributed by atoms with Gasteiger partial charge in [0.05, 0.1) is 18.0 Å². The highest BCUT2D eigenvalue weighted by Gasteiger charge is 2.26. The van der Waals surface area contributed by atoms with Gasteiger partial charge in [0.1, 0.15) is 10.7 Å². The van der Waals surface area contributed by atoms with Crippen LogP contribution in [0.15, 0.2) is 9.32 Å². The molecule has 5 rings (SSSR count). The molecule has 0 saturated carbocycles. The van der Waals surface area contributed by atoms with Gasteiger partial charge in [0.25, 0.3) is 5.56 Å². The molecule has 154 valence electrons. The van der Waals surface area contributed by atoms with Gasteiger partial charge < -0.3 is 9.51 Å². The van der Waals surface area contributed by atoms with Crippen LogP contribution in [0.2, 0.25) is 0 Å². The van der Waals surface area contributed by atoms with Crippen molar-refractivity contribution >= 4 is 21.6 Å². The monoisotopic (exact) mass is 414 g/mol. The maximum absolute atomic E-state index is 12.7. The lowest BCUT2D eigenvalue weighted by atomic mass is 9.97. The van der Waals surface area contributed by atoms with Crippen LogP contribution in [0.4, 0.5) is 0 Å². The topological polar surface area (TPSA) is 91.2 Å². The van der Waals surface area contributed by atoms with Gasteiger partial charge in [0, 0.05) is 31.1 Å². The largest absolute Gasteiger partial charge is 0.338 e. The molecule has 1 aliphatic heterocycles. The molecule has 1 unspecified atom stereocenters. The molecular formula is C20H26N6O2S. The number of nitrogens with one attached hydrogen (secondary N) is 1. The summed E-state index contributed by atoms with van der Waals surface area (Å²) in [5, 5.41) is 4.73. The van der Waals surface area contributed by atoms with Gasteiger partial charge in [0.2, 0.25) is 5.89 Å². The van der Waals surface area contributed by atoms with E-state index in [0.29, 0.717) is 18.3 Å². The number of thiophene rings is 1. The van der Waals surface area contributed by atoms with Gasteiger partial charge in [-0.3, -0.25) is 14.6 Å². The summed E-state index contributed by atoms with van der Waals surface area (Å²) in [6.07, 6.45) is 4.49. The predicted octanol–water partition coefficient (Wildman–Crippen LogP) is 2.43. The van der Waals surface area contributed by atoms with Crippen LogP contribution in [0.5, 0.6) is 0 Å². The Morgan fingerprint density at radius 1 is 1.17 bits per heavy atom. The summed E-state index contributed by atoms with van der Waals surface area (Å²) in [6, 6.07) is 0.116. The number of piperazine rings is 1. The summed E-state index contributed by atoms with van der Waals surface area (Å²) in [7, 11) is 0. The highest BCUT2D eigenvalue weighted by molar-refractivity contribution is 7.18. The van der Waals surface area contributed by atoms with Crippen molar-refractivity contribution in [3.8, 4) is 0 Å². The minimum absolute atomic E-state index is 0.0309. The van der Waals surface area contributed by atoms with E-state index in [2.05, 4.69) is 31.8 Å². The molecule has 2 aliphatic rings. The Bertz CT molecular complexity index is 1080. The first kappa shape index (κ1) is 18.9. The molecule has 1 aliphatic carbocycles. The summed E-state index contributed by atoms with van der Waals surface area (Å²) in [6.45, 7) is 8.29. The van der Waals surface area contributed by atoms with Crippen molar-refractivity contribution < 1.29 is 4.52 Å². The fourth-order valence-corrected chi connectivity index (χ4v) is 5.72. The quantitative estimate of drug-likeness (QED) is 0.701. The van der Waals surface area contributed by atoms with E-state index in [-0.39, 0.29) is 11.6 Å². The molecule has 1 saturated heterocycles. The Kier molecular flexibility index (Phi) is 4.97. The second-order valence-electron chi connectivity index (χ2n) is 8.07. The zero-order valence-electron chi connectivity index (χ0n) is 16.9. The Labute approximate surface area is 172 Å². The third kappa shape index (κ3) is 3.62. The van der Waals surface area contributed by atoms with E-state index in [1.807, 2.05) is 6.92 Å². The lowest BCUT2D eigenvalue weighted by molar-refractivity contribution is 0.0831. The zero-order chi connectivity index (χ0) is 20.0. The molecule has 0 bridgehead atoms. The van der Waals surface area contributed by atoms with Crippen molar-refractivity contribution in [1.82, 2.24) is 29.9 Å². The van der Waals surface area contributed by atoms with E-state index < -0.39 is 0 Å². The molecule has 4 heterocycles. The van der Waals surface area contributed by atoms with E-state index in [9.17, 15) is 4.79 Å². The highest BCUT2D eigenvalue weighted by Crippen LogP contribution is 2.33. The van der Waals surface area contributed by atoms with Gasteiger partial charge in [-0.1, -0.05) is 5.16 Å². The van der Waals surface area contributed by atoms with Gasteiger partial charge in [-0.05, 0) is 45.1 Å². The van der Waals surface area contributed by atoms with Crippen LogP contribution in [-0.4, -0.2) is 56.1 Å². The molecule has 3 aromatic heterocycles. The number of aromatic nitrogens is 4. The van der Waals surface area contributed by atoms with E-state index in [4.69, 9.17) is 9.51 Å². The zero-order valence-corrected chi connectivity index (χ0v) is 17.7. The Morgan fingerprint density at radius 3 is 2.72 bits per heavy atom. The minimum atomic E-state index is 0.0309. The van der Waals surface area contributed by atoms with Crippen molar-refractivity contribution in [2.45, 2.75) is 52.1 Å². The molecule has 1 atom stereocenters. The van der Waals surface area contributed by atoms with Crippen molar-refractivity contribution in [3.05, 3.63) is 38.3 Å². The summed E-state index contributed by atoms with van der Waals surface area (Å²) >= 11 is 1.71. The van der Waals surface area contributed by atoms with Gasteiger partial charge in [-0.2, -0.15) is 4.98 Å². The average molecular weight is 415 g/mol. The molecule has 0 radical (unpaired) electrons. The fourth-order valence-electron chi connectivity index (χ4n) is 4.44. The van der Waals surface area contributed by atoms with Crippen LogP contribution < -0.4 is 5.56 Å². The Balaban J connectivity index is 1.27. The highest BCUT2D eigenvalue weighted by atomic mass is 32.1. The van der Waals surface area contributed by atoms with Gasteiger partial charge in [-0.25, -0.2) is 4.98 Å². The molecule has 1 fully saturated rings. The Morgan fingerprint density at radius 2 is 1.97 bits per heavy atom. The van der Waals surface area contributed by atoms with Gasteiger partial charge in [-0.15, -0.1) is 11.3 Å². The SMILES string of the molecule is Cc1noc(C(C)N2CCN(Cc3nc4sc5c(c4c(=O)[nH]3)CCCC5)CC2)n1. The number of fused-ring (bicyclic) bond motifs is 3. The average Bonchev–Trinajstić information content (AvgIpc) is 3.31. The number of nitrogens with zero attached hydrogens (tertiary/aromatic N) is 5. The molecule has 8 nitrogen and oxygen atoms in total. The molecule has 29 heavy (non-hydrogen) atoms. The summed E-state index contributed by atoms with van der Waals surface area (Å²) < 4.78 is 5.33. The number of aryl methyl sites for hydroxylation is 3. The molecule has 9 heteroatoms. The van der Waals surface area contributed by atoms with E-state index in [0.717, 1.165) is 55.1 Å². The maximum Gasteiger partial charge on any atom is 0.259 e. The maximum atomic E-state index is 12.7. The minimum Gasteiger partial charge on any atom is -0.338 e. The lowest BCUT2D eigenvalue weighted by Crippen LogP contribution is -2.47. The predicted molar refractivity (Wildman–Crippen MR) is 111 cm³/mol. The standard InChI is InChI=1S/C20H26N6O2S/c1-12(19-21-13(2)24-28-19)26-9-7-25(8-10-26)11-16-22-18(27)17-14-5-3-4-6-15(14)29-20(17)23-16/h12H,3-11H2,1-2H3,(H,22,23,27). The number of rotatable bonds is 4. The van der Waals surface area contributed by atoms with Gasteiger partial charge >= 0.3 is 0 Å². The summed E-state index contributed by atoms with van der Waals surface area (Å²) in [4.78, 5) is 31.9. The van der Waals surface area contributed by atoms with Crippen LogP contribution in [0.1, 0.15) is 53.8 Å². The molecule has 1 N–H and O–H groups in total. The number of H-pyrrole nitrogens is 1. The molecular weight excluding hydrogens is 388 g/mol. The van der Waals surface area contributed by atoms with Gasteiger partial charge in [0.15, 0.2) is 5.82 Å². The fraction of sp³-hybridized carbons (Fsp3) is 0.600. The Hall–Kier alpha value is -2.10.